The number of para-hydroxylation sites is 1. The van der Waals surface area contributed by atoms with Crippen molar-refractivity contribution in [3.63, 3.8) is 0 Å². The highest BCUT2D eigenvalue weighted by molar-refractivity contribution is 7.89. The zero-order valence-electron chi connectivity index (χ0n) is 17.4. The lowest BCUT2D eigenvalue weighted by Gasteiger charge is -2.18. The Kier molecular flexibility index (Phi) is 5.32. The smallest absolute Gasteiger partial charge is 0.241 e. The van der Waals surface area contributed by atoms with Gasteiger partial charge in [-0.3, -0.25) is 4.98 Å². The molecule has 0 fully saturated rings. The first kappa shape index (κ1) is 20.5. The maximum Gasteiger partial charge on any atom is 0.241 e. The van der Waals surface area contributed by atoms with Crippen molar-refractivity contribution in [1.82, 2.24) is 9.71 Å². The zero-order chi connectivity index (χ0) is 22.1. The molecule has 0 spiro atoms. The number of hydrogen-bond acceptors (Lipinski definition) is 6. The molecule has 0 bridgehead atoms. The SMILES string of the molecule is Cc1cccnc1[C@@H](NS(=O)(=O)c1ccc2c(c1)OCCCO2)c1cc2ccccc2o1. The van der Waals surface area contributed by atoms with E-state index in [-0.39, 0.29) is 4.90 Å². The summed E-state index contributed by atoms with van der Waals surface area (Å²) in [5.41, 5.74) is 2.10. The van der Waals surface area contributed by atoms with Crippen LogP contribution in [0.4, 0.5) is 0 Å². The molecule has 3 heterocycles. The third-order valence-corrected chi connectivity index (χ3v) is 6.78. The van der Waals surface area contributed by atoms with Crippen molar-refractivity contribution < 1.29 is 22.3 Å². The molecule has 0 unspecified atom stereocenters. The van der Waals surface area contributed by atoms with Gasteiger partial charge >= 0.3 is 0 Å². The molecular weight excluding hydrogens is 428 g/mol. The Morgan fingerprint density at radius 1 is 0.969 bits per heavy atom. The van der Waals surface area contributed by atoms with E-state index >= 15 is 0 Å². The average molecular weight is 451 g/mol. The number of fused-ring (bicyclic) bond motifs is 2. The Labute approximate surface area is 186 Å². The molecule has 1 atom stereocenters. The number of aryl methyl sites for hydroxylation is 1. The highest BCUT2D eigenvalue weighted by Crippen LogP contribution is 2.34. The van der Waals surface area contributed by atoms with Crippen molar-refractivity contribution in [2.45, 2.75) is 24.3 Å². The van der Waals surface area contributed by atoms with Gasteiger partial charge in [-0.05, 0) is 42.8 Å². The topological polar surface area (TPSA) is 90.7 Å². The maximum absolute atomic E-state index is 13.4. The summed E-state index contributed by atoms with van der Waals surface area (Å²) in [6, 6.07) is 16.9. The van der Waals surface area contributed by atoms with E-state index in [0.717, 1.165) is 17.4 Å². The number of ether oxygens (including phenoxy) is 2. The summed E-state index contributed by atoms with van der Waals surface area (Å²) in [5, 5.41) is 0.885. The molecule has 0 saturated heterocycles. The van der Waals surface area contributed by atoms with Crippen molar-refractivity contribution in [2.75, 3.05) is 13.2 Å². The van der Waals surface area contributed by atoms with Crippen LogP contribution in [0.15, 0.2) is 76.2 Å². The van der Waals surface area contributed by atoms with Crippen LogP contribution < -0.4 is 14.2 Å². The normalized spacial score (nSPS) is 14.8. The van der Waals surface area contributed by atoms with Gasteiger partial charge in [-0.2, -0.15) is 4.72 Å². The Morgan fingerprint density at radius 2 is 1.78 bits per heavy atom. The van der Waals surface area contributed by atoms with Gasteiger partial charge in [0.15, 0.2) is 11.5 Å². The fourth-order valence-electron chi connectivity index (χ4n) is 3.73. The minimum absolute atomic E-state index is 0.0800. The number of benzene rings is 2. The Hall–Kier alpha value is -3.36. The monoisotopic (exact) mass is 450 g/mol. The molecule has 1 N–H and O–H groups in total. The molecule has 4 aromatic rings. The fraction of sp³-hybridized carbons (Fsp3) is 0.208. The molecule has 1 aliphatic heterocycles. The van der Waals surface area contributed by atoms with E-state index in [1.54, 1.807) is 12.3 Å². The quantitative estimate of drug-likeness (QED) is 0.486. The average Bonchev–Trinajstić information content (AvgIpc) is 3.08. The molecule has 7 nitrogen and oxygen atoms in total. The van der Waals surface area contributed by atoms with E-state index in [1.165, 1.54) is 12.1 Å². The predicted molar refractivity (Wildman–Crippen MR) is 119 cm³/mol. The molecule has 0 radical (unpaired) electrons. The molecular formula is C24H22N2O5S. The third-order valence-electron chi connectivity index (χ3n) is 5.35. The summed E-state index contributed by atoms with van der Waals surface area (Å²) < 4.78 is 46.9. The van der Waals surface area contributed by atoms with Crippen LogP contribution in [0.25, 0.3) is 11.0 Å². The minimum Gasteiger partial charge on any atom is -0.490 e. The molecule has 2 aromatic heterocycles. The second-order valence-corrected chi connectivity index (χ2v) is 9.32. The van der Waals surface area contributed by atoms with Crippen LogP contribution in [0.5, 0.6) is 11.5 Å². The molecule has 2 aromatic carbocycles. The van der Waals surface area contributed by atoms with Crippen molar-refractivity contribution in [3.8, 4) is 11.5 Å². The summed E-state index contributed by atoms with van der Waals surface area (Å²) in [5.74, 6) is 1.42. The summed E-state index contributed by atoms with van der Waals surface area (Å²) in [4.78, 5) is 4.53. The lowest BCUT2D eigenvalue weighted by atomic mass is 10.1. The third kappa shape index (κ3) is 3.94. The van der Waals surface area contributed by atoms with Gasteiger partial charge in [-0.1, -0.05) is 24.3 Å². The number of pyridine rings is 1. The van der Waals surface area contributed by atoms with Gasteiger partial charge < -0.3 is 13.9 Å². The molecule has 0 saturated carbocycles. The van der Waals surface area contributed by atoms with Crippen LogP contribution in [0, 0.1) is 6.92 Å². The van der Waals surface area contributed by atoms with Gasteiger partial charge in [0.2, 0.25) is 10.0 Å². The van der Waals surface area contributed by atoms with Gasteiger partial charge in [-0.15, -0.1) is 0 Å². The molecule has 164 valence electrons. The van der Waals surface area contributed by atoms with E-state index in [2.05, 4.69) is 9.71 Å². The van der Waals surface area contributed by atoms with E-state index in [1.807, 2.05) is 49.4 Å². The van der Waals surface area contributed by atoms with Crippen molar-refractivity contribution in [2.24, 2.45) is 0 Å². The van der Waals surface area contributed by atoms with Gasteiger partial charge in [0.25, 0.3) is 0 Å². The van der Waals surface area contributed by atoms with E-state index < -0.39 is 16.1 Å². The summed E-state index contributed by atoms with van der Waals surface area (Å²) >= 11 is 0. The maximum atomic E-state index is 13.4. The number of aromatic nitrogens is 1. The number of hydrogen-bond donors (Lipinski definition) is 1. The Bertz CT molecular complexity index is 1350. The molecule has 8 heteroatoms. The molecule has 5 rings (SSSR count). The van der Waals surface area contributed by atoms with E-state index in [0.29, 0.717) is 41.7 Å². The molecule has 1 aliphatic rings. The highest BCUT2D eigenvalue weighted by Gasteiger charge is 2.29. The molecule has 0 aliphatic carbocycles. The first-order valence-electron chi connectivity index (χ1n) is 10.3. The van der Waals surface area contributed by atoms with Crippen molar-refractivity contribution in [3.05, 3.63) is 83.9 Å². The summed E-state index contributed by atoms with van der Waals surface area (Å²) in [7, 11) is -3.94. The number of nitrogens with one attached hydrogen (secondary N) is 1. The van der Waals surface area contributed by atoms with Crippen molar-refractivity contribution >= 4 is 21.0 Å². The first-order chi connectivity index (χ1) is 15.5. The van der Waals surface area contributed by atoms with Crippen LogP contribution in [0.2, 0.25) is 0 Å². The van der Waals surface area contributed by atoms with Crippen LogP contribution in [-0.2, 0) is 10.0 Å². The number of furan rings is 1. The van der Waals surface area contributed by atoms with E-state index in [9.17, 15) is 8.42 Å². The number of rotatable bonds is 5. The van der Waals surface area contributed by atoms with Crippen molar-refractivity contribution in [1.29, 1.82) is 0 Å². The molecule has 0 amide bonds. The van der Waals surface area contributed by atoms with Gasteiger partial charge in [-0.25, -0.2) is 8.42 Å². The lowest BCUT2D eigenvalue weighted by Crippen LogP contribution is -2.30. The minimum atomic E-state index is -3.94. The highest BCUT2D eigenvalue weighted by atomic mass is 32.2. The van der Waals surface area contributed by atoms with E-state index in [4.69, 9.17) is 13.9 Å². The van der Waals surface area contributed by atoms with Gasteiger partial charge in [0.1, 0.15) is 17.4 Å². The van der Waals surface area contributed by atoms with Crippen LogP contribution in [-0.4, -0.2) is 26.6 Å². The number of sulfonamides is 1. The molecule has 32 heavy (non-hydrogen) atoms. The number of nitrogens with zero attached hydrogens (tertiary/aromatic N) is 1. The summed E-state index contributed by atoms with van der Waals surface area (Å²) in [6.45, 7) is 2.89. The zero-order valence-corrected chi connectivity index (χ0v) is 18.3. The first-order valence-corrected chi connectivity index (χ1v) is 11.8. The second-order valence-electron chi connectivity index (χ2n) is 7.61. The standard InChI is InChI=1S/C24H22N2O5S/c1-16-6-4-11-25-23(16)24(22-14-17-7-2-3-8-19(17)31-22)26-32(27,28)18-9-10-20-21(15-18)30-13-5-12-29-20/h2-4,6-11,14-15,24,26H,5,12-13H2,1H3/t24-/m0/s1. The predicted octanol–water partition coefficient (Wildman–Crippen LogP) is 4.37. The van der Waals surface area contributed by atoms with Crippen LogP contribution in [0.1, 0.15) is 29.5 Å². The van der Waals surface area contributed by atoms with Gasteiger partial charge in [0, 0.05) is 24.1 Å². The largest absolute Gasteiger partial charge is 0.490 e. The van der Waals surface area contributed by atoms with Gasteiger partial charge in [0.05, 0.1) is 23.8 Å². The van der Waals surface area contributed by atoms with Crippen LogP contribution in [0.3, 0.4) is 0 Å². The summed E-state index contributed by atoms with van der Waals surface area (Å²) in [6.07, 6.45) is 2.38. The fourth-order valence-corrected chi connectivity index (χ4v) is 4.91. The Morgan fingerprint density at radius 3 is 2.59 bits per heavy atom. The second kappa shape index (κ2) is 8.29. The van der Waals surface area contributed by atoms with Crippen LogP contribution >= 0.6 is 0 Å². The lowest BCUT2D eigenvalue weighted by molar-refractivity contribution is 0.297. The Balaban J connectivity index is 1.56.